The second-order valence-electron chi connectivity index (χ2n) is 0.687. The Labute approximate surface area is 35.9 Å². The van der Waals surface area contributed by atoms with Crippen molar-refractivity contribution in [3.8, 4) is 0 Å². The van der Waals surface area contributed by atoms with E-state index in [0.717, 1.165) is 0 Å². The molecule has 0 aromatic rings. The summed E-state index contributed by atoms with van der Waals surface area (Å²) < 4.78 is 0. The van der Waals surface area contributed by atoms with E-state index in [1.165, 1.54) is 6.20 Å². The Balaban J connectivity index is 3.33. The molecule has 0 bridgehead atoms. The SMILES string of the molecule is C/C=C\N=[N+]=[N-]. The van der Waals surface area contributed by atoms with Gasteiger partial charge in [0.1, 0.15) is 0 Å². The van der Waals surface area contributed by atoms with E-state index in [0.29, 0.717) is 0 Å². The Kier molecular flexibility index (Phi) is 3.41. The molecule has 0 amide bonds. The summed E-state index contributed by atoms with van der Waals surface area (Å²) in [6.07, 6.45) is 3.06. The minimum atomic E-state index is 1.39. The Bertz CT molecular complexity index is 88.2. The molecule has 0 atom stereocenters. The van der Waals surface area contributed by atoms with E-state index < -0.39 is 0 Å². The number of hydrogen-bond acceptors (Lipinski definition) is 1. The number of nitrogens with zero attached hydrogens (tertiary/aromatic N) is 3. The summed E-state index contributed by atoms with van der Waals surface area (Å²) in [6.45, 7) is 1.79. The van der Waals surface area contributed by atoms with Crippen molar-refractivity contribution in [3.63, 3.8) is 0 Å². The zero-order valence-corrected chi connectivity index (χ0v) is 3.50. The quantitative estimate of drug-likeness (QED) is 0.264. The van der Waals surface area contributed by atoms with E-state index in [4.69, 9.17) is 5.53 Å². The number of hydrogen-bond donors (Lipinski definition) is 0. The zero-order valence-electron chi connectivity index (χ0n) is 3.50. The van der Waals surface area contributed by atoms with Gasteiger partial charge in [0.15, 0.2) is 0 Å². The molecule has 6 heavy (non-hydrogen) atoms. The van der Waals surface area contributed by atoms with Crippen molar-refractivity contribution < 1.29 is 0 Å². The summed E-state index contributed by atoms with van der Waals surface area (Å²) in [4.78, 5) is 2.46. The standard InChI is InChI=1S/C3H5N3/c1-2-3-5-6-4/h2-3H,1H3/b3-2-. The van der Waals surface area contributed by atoms with Gasteiger partial charge in [-0.2, -0.15) is 0 Å². The molecule has 0 aromatic carbocycles. The third-order valence-electron chi connectivity index (χ3n) is 0.267. The van der Waals surface area contributed by atoms with Gasteiger partial charge in [0, 0.05) is 4.91 Å². The molecule has 0 radical (unpaired) electrons. The number of rotatable bonds is 1. The average Bonchev–Trinajstić information content (AvgIpc) is 1.61. The predicted molar refractivity (Wildman–Crippen MR) is 24.0 cm³/mol. The molecule has 32 valence electrons. The topological polar surface area (TPSA) is 48.8 Å². The van der Waals surface area contributed by atoms with E-state index >= 15 is 0 Å². The van der Waals surface area contributed by atoms with Crippen LogP contribution in [0.2, 0.25) is 0 Å². The second kappa shape index (κ2) is 4.05. The number of allylic oxidation sites excluding steroid dienone is 1. The maximum absolute atomic E-state index is 7.60. The van der Waals surface area contributed by atoms with Crippen molar-refractivity contribution in [2.75, 3.05) is 0 Å². The lowest BCUT2D eigenvalue weighted by Gasteiger charge is -1.55. The van der Waals surface area contributed by atoms with Gasteiger partial charge in [-0.05, 0) is 18.7 Å². The molecule has 0 aliphatic carbocycles. The maximum Gasteiger partial charge on any atom is 0.00474 e. The van der Waals surface area contributed by atoms with Crippen molar-refractivity contribution in [1.82, 2.24) is 0 Å². The molecule has 0 saturated carbocycles. The summed E-state index contributed by atoms with van der Waals surface area (Å²) >= 11 is 0. The highest BCUT2D eigenvalue weighted by atomic mass is 15.1. The van der Waals surface area contributed by atoms with Gasteiger partial charge in [-0.1, -0.05) is 11.2 Å². The van der Waals surface area contributed by atoms with Gasteiger partial charge < -0.3 is 0 Å². The lowest BCUT2D eigenvalue weighted by Crippen LogP contribution is -1.34. The maximum atomic E-state index is 7.60. The summed E-state index contributed by atoms with van der Waals surface area (Å²) in [6, 6.07) is 0. The largest absolute Gasteiger partial charge is 0.0854 e. The Morgan fingerprint density at radius 1 is 1.83 bits per heavy atom. The van der Waals surface area contributed by atoms with Gasteiger partial charge in [-0.25, -0.2) is 0 Å². The molecule has 3 heteroatoms. The first kappa shape index (κ1) is 5.05. The van der Waals surface area contributed by atoms with Gasteiger partial charge in [-0.15, -0.1) is 0 Å². The zero-order chi connectivity index (χ0) is 4.83. The molecule has 0 rings (SSSR count). The molecule has 0 spiro atoms. The normalized spacial score (nSPS) is 8.17. The first-order valence-electron chi connectivity index (χ1n) is 1.57. The molecule has 0 aromatic heterocycles. The molecule has 0 saturated heterocycles. The van der Waals surface area contributed by atoms with Crippen LogP contribution in [0, 0.1) is 0 Å². The summed E-state index contributed by atoms with van der Waals surface area (Å²) in [5.41, 5.74) is 7.60. The highest BCUT2D eigenvalue weighted by Crippen LogP contribution is 1.69. The second-order valence-corrected chi connectivity index (χ2v) is 0.687. The third kappa shape index (κ3) is 3.05. The monoisotopic (exact) mass is 83.0 g/mol. The van der Waals surface area contributed by atoms with E-state index in [2.05, 4.69) is 10.0 Å². The van der Waals surface area contributed by atoms with Crippen LogP contribution in [0.3, 0.4) is 0 Å². The van der Waals surface area contributed by atoms with Gasteiger partial charge in [0.2, 0.25) is 0 Å². The highest BCUT2D eigenvalue weighted by Gasteiger charge is 1.47. The fourth-order valence-electron chi connectivity index (χ4n) is 0.0965. The summed E-state index contributed by atoms with van der Waals surface area (Å²) in [7, 11) is 0. The molecular weight excluding hydrogens is 78.1 g/mol. The van der Waals surface area contributed by atoms with Gasteiger partial charge in [0.25, 0.3) is 0 Å². The van der Waals surface area contributed by atoms with Crippen molar-refractivity contribution in [3.05, 3.63) is 22.7 Å². The molecule has 0 N–H and O–H groups in total. The first-order valence-corrected chi connectivity index (χ1v) is 1.57. The van der Waals surface area contributed by atoms with Crippen LogP contribution in [-0.4, -0.2) is 0 Å². The van der Waals surface area contributed by atoms with Crippen LogP contribution in [0.15, 0.2) is 17.4 Å². The smallest absolute Gasteiger partial charge is 0.00474 e. The molecule has 3 nitrogen and oxygen atoms in total. The fraction of sp³-hybridized carbons (Fsp3) is 0.333. The van der Waals surface area contributed by atoms with Gasteiger partial charge >= 0.3 is 0 Å². The summed E-state index contributed by atoms with van der Waals surface area (Å²) in [5.74, 6) is 0. The van der Waals surface area contributed by atoms with E-state index in [1.807, 2.05) is 0 Å². The minimum Gasteiger partial charge on any atom is -0.0854 e. The Morgan fingerprint density at radius 2 is 2.50 bits per heavy atom. The van der Waals surface area contributed by atoms with Crippen LogP contribution < -0.4 is 0 Å². The molecular formula is C3H5N3. The predicted octanol–water partition coefficient (Wildman–Crippen LogP) is 1.83. The van der Waals surface area contributed by atoms with Crippen LogP contribution >= 0.6 is 0 Å². The fourth-order valence-corrected chi connectivity index (χ4v) is 0.0965. The van der Waals surface area contributed by atoms with Crippen molar-refractivity contribution >= 4 is 0 Å². The first-order chi connectivity index (χ1) is 2.91. The van der Waals surface area contributed by atoms with E-state index in [-0.39, 0.29) is 0 Å². The van der Waals surface area contributed by atoms with E-state index in [1.54, 1.807) is 13.0 Å². The summed E-state index contributed by atoms with van der Waals surface area (Å²) in [5, 5.41) is 3.09. The van der Waals surface area contributed by atoms with Crippen LogP contribution in [-0.2, 0) is 0 Å². The lowest BCUT2D eigenvalue weighted by molar-refractivity contribution is 1.48. The van der Waals surface area contributed by atoms with Gasteiger partial charge in [-0.3, -0.25) is 0 Å². The van der Waals surface area contributed by atoms with Crippen molar-refractivity contribution in [1.29, 1.82) is 0 Å². The van der Waals surface area contributed by atoms with E-state index in [9.17, 15) is 0 Å². The molecule has 0 unspecified atom stereocenters. The van der Waals surface area contributed by atoms with Gasteiger partial charge in [0.05, 0.1) is 0 Å². The van der Waals surface area contributed by atoms with Crippen LogP contribution in [0.1, 0.15) is 6.92 Å². The Hall–Kier alpha value is -0.950. The molecule has 0 fully saturated rings. The Morgan fingerprint density at radius 3 is 2.67 bits per heavy atom. The molecule has 0 heterocycles. The third-order valence-corrected chi connectivity index (χ3v) is 0.267. The molecule has 0 aliphatic heterocycles. The van der Waals surface area contributed by atoms with Crippen molar-refractivity contribution in [2.24, 2.45) is 5.11 Å². The molecule has 0 aliphatic rings. The minimum absolute atomic E-state index is 1.39. The highest BCUT2D eigenvalue weighted by molar-refractivity contribution is 4.73. The lowest BCUT2D eigenvalue weighted by atomic mass is 10.7. The van der Waals surface area contributed by atoms with Crippen LogP contribution in [0.25, 0.3) is 10.4 Å². The van der Waals surface area contributed by atoms with Crippen molar-refractivity contribution in [2.45, 2.75) is 6.92 Å². The average molecular weight is 83.1 g/mol. The number of azide groups is 1. The van der Waals surface area contributed by atoms with Crippen LogP contribution in [0.4, 0.5) is 0 Å². The van der Waals surface area contributed by atoms with Crippen LogP contribution in [0.5, 0.6) is 0 Å².